The van der Waals surface area contributed by atoms with Crippen LogP contribution < -0.4 is 4.74 Å². The summed E-state index contributed by atoms with van der Waals surface area (Å²) in [6, 6.07) is 5.92. The predicted molar refractivity (Wildman–Crippen MR) is 98.3 cm³/mol. The average molecular weight is 461 g/mol. The molecule has 3 rings (SSSR count). The van der Waals surface area contributed by atoms with Crippen molar-refractivity contribution in [2.75, 3.05) is 0 Å². The van der Waals surface area contributed by atoms with Gasteiger partial charge in [0.25, 0.3) is 5.69 Å². The fraction of sp³-hybridized carbons (Fsp3) is 0.263. The van der Waals surface area contributed by atoms with Crippen LogP contribution in [0.1, 0.15) is 36.7 Å². The van der Waals surface area contributed by atoms with Crippen molar-refractivity contribution in [2.45, 2.75) is 32.1 Å². The number of nitro benzene ring substituents is 1. The lowest BCUT2D eigenvalue weighted by molar-refractivity contribution is -0.383. The van der Waals surface area contributed by atoms with E-state index < -0.39 is 51.5 Å². The maximum absolute atomic E-state index is 13.5. The number of halogens is 6. The third kappa shape index (κ3) is 4.36. The highest BCUT2D eigenvalue weighted by Gasteiger charge is 2.43. The summed E-state index contributed by atoms with van der Waals surface area (Å²) in [5.74, 6) is -2.04. The first kappa shape index (κ1) is 23.0. The minimum atomic E-state index is -5.33. The molecular formula is C19H13F6N3O4. The molecule has 0 aliphatic carbocycles. The Morgan fingerprint density at radius 2 is 1.66 bits per heavy atom. The fourth-order valence-corrected chi connectivity index (χ4v) is 2.90. The van der Waals surface area contributed by atoms with Crippen LogP contribution >= 0.6 is 0 Å². The Balaban J connectivity index is 2.22. The van der Waals surface area contributed by atoms with Crippen molar-refractivity contribution in [1.29, 1.82) is 0 Å². The number of rotatable bonds is 3. The van der Waals surface area contributed by atoms with E-state index in [1.54, 1.807) is 12.1 Å². The summed E-state index contributed by atoms with van der Waals surface area (Å²) in [7, 11) is 0. The van der Waals surface area contributed by atoms with Gasteiger partial charge in [-0.05, 0) is 29.7 Å². The molecule has 0 aliphatic heterocycles. The maximum Gasteiger partial charge on any atom is 0.450 e. The van der Waals surface area contributed by atoms with E-state index in [1.807, 2.05) is 13.8 Å². The highest BCUT2D eigenvalue weighted by molar-refractivity contribution is 5.93. The molecule has 0 aliphatic rings. The summed E-state index contributed by atoms with van der Waals surface area (Å²) in [6.45, 7) is 3.75. The van der Waals surface area contributed by atoms with E-state index in [0.29, 0.717) is 0 Å². The number of nitrogens with zero attached hydrogens (tertiary/aromatic N) is 3. The number of carbonyl (C=O) groups is 1. The number of ether oxygens (including phenoxy) is 1. The Bertz CT molecular complexity index is 1200. The van der Waals surface area contributed by atoms with Crippen LogP contribution in [0, 0.1) is 10.1 Å². The molecule has 0 bridgehead atoms. The van der Waals surface area contributed by atoms with Crippen molar-refractivity contribution < 1.29 is 40.8 Å². The van der Waals surface area contributed by atoms with Crippen LogP contribution in [0.4, 0.5) is 36.8 Å². The summed E-state index contributed by atoms with van der Waals surface area (Å²) in [5.41, 5.74) is -4.24. The van der Waals surface area contributed by atoms with Crippen LogP contribution in [0.5, 0.6) is 5.75 Å². The van der Waals surface area contributed by atoms with Gasteiger partial charge in [-0.2, -0.15) is 26.3 Å². The van der Waals surface area contributed by atoms with Gasteiger partial charge in [0.2, 0.25) is 5.82 Å². The number of alkyl halides is 6. The molecule has 0 fully saturated rings. The Kier molecular flexibility index (Phi) is 5.62. The smallest absolute Gasteiger partial charge is 0.410 e. The number of hydrogen-bond acceptors (Lipinski definition) is 5. The number of aromatic nitrogens is 2. The molecule has 0 spiro atoms. The number of nitro groups is 1. The fourth-order valence-electron chi connectivity index (χ4n) is 2.90. The van der Waals surface area contributed by atoms with Gasteiger partial charge in [0.05, 0.1) is 16.0 Å². The Hall–Kier alpha value is -3.64. The van der Waals surface area contributed by atoms with Gasteiger partial charge >= 0.3 is 18.4 Å². The van der Waals surface area contributed by atoms with Crippen molar-refractivity contribution in [3.8, 4) is 5.75 Å². The number of hydrogen-bond donors (Lipinski definition) is 0. The summed E-state index contributed by atoms with van der Waals surface area (Å²) >= 11 is 0. The highest BCUT2D eigenvalue weighted by atomic mass is 19.4. The second kappa shape index (κ2) is 7.80. The maximum atomic E-state index is 13.5. The largest absolute Gasteiger partial charge is 0.450 e. The molecule has 0 atom stereocenters. The van der Waals surface area contributed by atoms with E-state index >= 15 is 0 Å². The van der Waals surface area contributed by atoms with Crippen LogP contribution in [-0.4, -0.2) is 20.6 Å². The predicted octanol–water partition coefficient (Wildman–Crippen LogP) is 6.15. The standard InChI is InChI=1S/C19H13F6N3O4/c1-9(2)10-3-5-12(6-4-10)32-17(29)27-13-7-11(18(20,21)22)8-14(28(30)31)15(13)26-16(27)19(23,24)25/h3-9H,1-2H3. The average Bonchev–Trinajstić information content (AvgIpc) is 3.07. The van der Waals surface area contributed by atoms with Gasteiger partial charge in [-0.1, -0.05) is 26.0 Å². The molecule has 0 amide bonds. The van der Waals surface area contributed by atoms with Crippen LogP contribution in [0.15, 0.2) is 36.4 Å². The summed E-state index contributed by atoms with van der Waals surface area (Å²) < 4.78 is 84.8. The summed E-state index contributed by atoms with van der Waals surface area (Å²) in [6.07, 6.45) is -12.2. The first-order valence-electron chi connectivity index (χ1n) is 8.87. The molecule has 1 heterocycles. The number of fused-ring (bicyclic) bond motifs is 1. The van der Waals surface area contributed by atoms with E-state index in [2.05, 4.69) is 4.98 Å². The molecule has 0 N–H and O–H groups in total. The molecule has 0 saturated heterocycles. The Morgan fingerprint density at radius 1 is 1.06 bits per heavy atom. The summed E-state index contributed by atoms with van der Waals surface area (Å²) in [5, 5.41) is 11.2. The van der Waals surface area contributed by atoms with E-state index in [1.165, 1.54) is 12.1 Å². The Morgan fingerprint density at radius 3 is 2.12 bits per heavy atom. The SMILES string of the molecule is CC(C)c1ccc(OC(=O)n2c(C(F)(F)F)nc3c([N+](=O)[O-])cc(C(F)(F)F)cc32)cc1. The zero-order valence-electron chi connectivity index (χ0n) is 16.3. The first-order valence-corrected chi connectivity index (χ1v) is 8.87. The third-order valence-corrected chi connectivity index (χ3v) is 4.45. The highest BCUT2D eigenvalue weighted by Crippen LogP contribution is 2.39. The zero-order valence-corrected chi connectivity index (χ0v) is 16.3. The quantitative estimate of drug-likeness (QED) is 0.265. The van der Waals surface area contributed by atoms with E-state index in [9.17, 15) is 41.3 Å². The van der Waals surface area contributed by atoms with Gasteiger partial charge in [-0.15, -0.1) is 0 Å². The van der Waals surface area contributed by atoms with Crippen molar-refractivity contribution >= 4 is 22.8 Å². The second-order valence-electron chi connectivity index (χ2n) is 6.98. The molecule has 7 nitrogen and oxygen atoms in total. The molecule has 32 heavy (non-hydrogen) atoms. The normalized spacial score (nSPS) is 12.4. The monoisotopic (exact) mass is 461 g/mol. The third-order valence-electron chi connectivity index (χ3n) is 4.45. The minimum absolute atomic E-state index is 0.0514. The topological polar surface area (TPSA) is 87.3 Å². The van der Waals surface area contributed by atoms with Crippen molar-refractivity contribution in [1.82, 2.24) is 9.55 Å². The molecule has 0 unspecified atom stereocenters. The number of imidazole rings is 1. The molecule has 170 valence electrons. The van der Waals surface area contributed by atoms with Crippen LogP contribution in [0.2, 0.25) is 0 Å². The van der Waals surface area contributed by atoms with E-state index in [0.717, 1.165) is 5.56 Å². The lowest BCUT2D eigenvalue weighted by Gasteiger charge is -2.12. The second-order valence-corrected chi connectivity index (χ2v) is 6.98. The number of carbonyl (C=O) groups excluding carboxylic acids is 1. The van der Waals surface area contributed by atoms with Crippen LogP contribution in [0.25, 0.3) is 11.0 Å². The van der Waals surface area contributed by atoms with Crippen molar-refractivity contribution in [2.24, 2.45) is 0 Å². The Labute approximate surface area is 175 Å². The lowest BCUT2D eigenvalue weighted by atomic mass is 10.0. The molecule has 3 aromatic rings. The van der Waals surface area contributed by atoms with E-state index in [-0.39, 0.29) is 28.4 Å². The molecule has 0 radical (unpaired) electrons. The van der Waals surface area contributed by atoms with Gasteiger partial charge in [-0.25, -0.2) is 14.3 Å². The zero-order chi connectivity index (χ0) is 24.0. The summed E-state index contributed by atoms with van der Waals surface area (Å²) in [4.78, 5) is 25.5. The molecule has 13 heteroatoms. The van der Waals surface area contributed by atoms with E-state index in [4.69, 9.17) is 4.74 Å². The van der Waals surface area contributed by atoms with Gasteiger partial charge in [0, 0.05) is 6.07 Å². The molecule has 0 saturated carbocycles. The molecular weight excluding hydrogens is 448 g/mol. The lowest BCUT2D eigenvalue weighted by Crippen LogP contribution is -2.24. The van der Waals surface area contributed by atoms with Gasteiger partial charge in [0.1, 0.15) is 5.75 Å². The van der Waals surface area contributed by atoms with Gasteiger partial charge in [-0.3, -0.25) is 10.1 Å². The number of non-ortho nitro benzene ring substituents is 1. The number of benzene rings is 2. The van der Waals surface area contributed by atoms with Crippen molar-refractivity contribution in [3.05, 3.63) is 63.5 Å². The first-order chi connectivity index (χ1) is 14.7. The van der Waals surface area contributed by atoms with Gasteiger partial charge in [0.15, 0.2) is 5.52 Å². The minimum Gasteiger partial charge on any atom is -0.410 e. The molecule has 1 aromatic heterocycles. The van der Waals surface area contributed by atoms with Gasteiger partial charge < -0.3 is 4.74 Å². The molecule has 2 aromatic carbocycles. The van der Waals surface area contributed by atoms with Crippen molar-refractivity contribution in [3.63, 3.8) is 0 Å². The van der Waals surface area contributed by atoms with Crippen LogP contribution in [0.3, 0.4) is 0 Å². The van der Waals surface area contributed by atoms with Crippen LogP contribution in [-0.2, 0) is 12.4 Å².